The minimum Gasteiger partial charge on any atom is -0.508 e. The number of hydrogen-bond acceptors (Lipinski definition) is 7. The van der Waals surface area contributed by atoms with E-state index >= 15 is 0 Å². The second-order valence-electron chi connectivity index (χ2n) is 7.61. The third-order valence-corrected chi connectivity index (χ3v) is 5.35. The van der Waals surface area contributed by atoms with Gasteiger partial charge >= 0.3 is 0 Å². The normalized spacial score (nSPS) is 14.6. The van der Waals surface area contributed by atoms with Gasteiger partial charge in [-0.05, 0) is 22.8 Å². The molecule has 9 nitrogen and oxygen atoms in total. The molecule has 0 radical (unpaired) electrons. The van der Waals surface area contributed by atoms with Gasteiger partial charge in [0.05, 0.1) is 12.2 Å². The molecule has 2 aromatic carbocycles. The molecule has 4 N–H and O–H groups in total. The van der Waals surface area contributed by atoms with Crippen LogP contribution in [0.2, 0.25) is 0 Å². The summed E-state index contributed by atoms with van der Waals surface area (Å²) in [6.45, 7) is 0.500. The summed E-state index contributed by atoms with van der Waals surface area (Å²) in [7, 11) is 0. The summed E-state index contributed by atoms with van der Waals surface area (Å²) in [5.41, 5.74) is 3.17. The van der Waals surface area contributed by atoms with Crippen molar-refractivity contribution in [3.05, 3.63) is 83.1 Å². The second-order valence-corrected chi connectivity index (χ2v) is 7.61. The Kier molecular flexibility index (Phi) is 6.20. The minimum atomic E-state index is -1.93. The standard InChI is InChI=1S/C23H23N3O6/c27-18-8-4-3-5-14(18)9-17-13-32-19(25-17)10-24-22(30)20(28)21(29)23(31)26-11-15-6-1-2-7-16(15)12-26/h1-8,13,20-21,27-29H,9-12H2,(H,24,30)/t20-,21-/m1/s1. The molecule has 1 aliphatic heterocycles. The van der Waals surface area contributed by atoms with Crippen LogP contribution in [0.1, 0.15) is 28.3 Å². The first kappa shape index (κ1) is 21.5. The highest BCUT2D eigenvalue weighted by molar-refractivity contribution is 5.90. The first-order valence-electron chi connectivity index (χ1n) is 10.1. The number of hydrogen-bond donors (Lipinski definition) is 4. The third kappa shape index (κ3) is 4.63. The number of carbonyl (C=O) groups is 2. The average Bonchev–Trinajstić information content (AvgIpc) is 3.44. The number of nitrogens with one attached hydrogen (secondary N) is 1. The fourth-order valence-corrected chi connectivity index (χ4v) is 3.59. The van der Waals surface area contributed by atoms with Gasteiger partial charge in [-0.2, -0.15) is 0 Å². The van der Waals surface area contributed by atoms with Crippen LogP contribution in [-0.2, 0) is 35.6 Å². The van der Waals surface area contributed by atoms with E-state index < -0.39 is 24.0 Å². The molecule has 9 heteroatoms. The number of benzene rings is 2. The molecule has 0 aliphatic carbocycles. The van der Waals surface area contributed by atoms with Gasteiger partial charge in [0.1, 0.15) is 12.0 Å². The van der Waals surface area contributed by atoms with E-state index in [-0.39, 0.29) is 18.2 Å². The summed E-state index contributed by atoms with van der Waals surface area (Å²) < 4.78 is 5.31. The van der Waals surface area contributed by atoms with Gasteiger partial charge in [0, 0.05) is 19.5 Å². The molecule has 2 heterocycles. The van der Waals surface area contributed by atoms with Crippen LogP contribution in [0, 0.1) is 0 Å². The summed E-state index contributed by atoms with van der Waals surface area (Å²) in [5, 5.41) is 32.6. The van der Waals surface area contributed by atoms with E-state index in [1.165, 1.54) is 11.2 Å². The molecule has 2 amide bonds. The number of aliphatic hydroxyl groups is 2. The Hall–Kier alpha value is -3.69. The van der Waals surface area contributed by atoms with Gasteiger partial charge in [-0.3, -0.25) is 9.59 Å². The van der Waals surface area contributed by atoms with Gasteiger partial charge < -0.3 is 30.0 Å². The lowest BCUT2D eigenvalue weighted by Gasteiger charge is -2.22. The highest BCUT2D eigenvalue weighted by atomic mass is 16.4. The maximum absolute atomic E-state index is 12.5. The van der Waals surface area contributed by atoms with Gasteiger partial charge in [0.15, 0.2) is 12.2 Å². The van der Waals surface area contributed by atoms with Crippen LogP contribution in [-0.4, -0.2) is 49.2 Å². The molecule has 166 valence electrons. The van der Waals surface area contributed by atoms with Crippen LogP contribution >= 0.6 is 0 Å². The van der Waals surface area contributed by atoms with Crippen LogP contribution in [0.15, 0.2) is 59.2 Å². The lowest BCUT2D eigenvalue weighted by molar-refractivity contribution is -0.153. The predicted octanol–water partition coefficient (Wildman–Crippen LogP) is 0.851. The third-order valence-electron chi connectivity index (χ3n) is 5.35. The summed E-state index contributed by atoms with van der Waals surface area (Å²) in [6, 6.07) is 14.4. The van der Waals surface area contributed by atoms with Crippen molar-refractivity contribution in [1.82, 2.24) is 15.2 Å². The lowest BCUT2D eigenvalue weighted by atomic mass is 10.1. The van der Waals surface area contributed by atoms with Crippen molar-refractivity contribution >= 4 is 11.8 Å². The van der Waals surface area contributed by atoms with E-state index in [1.807, 2.05) is 24.3 Å². The lowest BCUT2D eigenvalue weighted by Crippen LogP contribution is -2.49. The number of aromatic hydroxyl groups is 1. The zero-order valence-corrected chi connectivity index (χ0v) is 17.1. The minimum absolute atomic E-state index is 0.132. The van der Waals surface area contributed by atoms with Gasteiger partial charge in [-0.15, -0.1) is 0 Å². The van der Waals surface area contributed by atoms with Crippen molar-refractivity contribution in [2.24, 2.45) is 0 Å². The molecule has 4 rings (SSSR count). The number of carbonyl (C=O) groups excluding carboxylic acids is 2. The van der Waals surface area contributed by atoms with Crippen molar-refractivity contribution in [3.63, 3.8) is 0 Å². The quantitative estimate of drug-likeness (QED) is 0.430. The monoisotopic (exact) mass is 437 g/mol. The SMILES string of the molecule is O=C(NCc1nc(Cc2ccccc2O)co1)[C@H](O)[C@@H](O)C(=O)N1Cc2ccccc2C1. The Labute approximate surface area is 183 Å². The molecule has 2 atom stereocenters. The van der Waals surface area contributed by atoms with Crippen molar-refractivity contribution in [3.8, 4) is 5.75 Å². The summed E-state index contributed by atoms with van der Waals surface area (Å²) in [6.07, 6.45) is -2.06. The first-order valence-corrected chi connectivity index (χ1v) is 10.1. The number of amides is 2. The zero-order chi connectivity index (χ0) is 22.7. The molecule has 0 fully saturated rings. The van der Waals surface area contributed by atoms with Gasteiger partial charge in [-0.1, -0.05) is 42.5 Å². The topological polar surface area (TPSA) is 136 Å². The van der Waals surface area contributed by atoms with Crippen LogP contribution in [0.3, 0.4) is 0 Å². The molecule has 1 aliphatic rings. The highest BCUT2D eigenvalue weighted by Gasteiger charge is 2.35. The second kappa shape index (κ2) is 9.21. The molecule has 0 spiro atoms. The number of fused-ring (bicyclic) bond motifs is 1. The molecule has 32 heavy (non-hydrogen) atoms. The Morgan fingerprint density at radius 3 is 2.38 bits per heavy atom. The van der Waals surface area contributed by atoms with Crippen LogP contribution in [0.4, 0.5) is 0 Å². The molecule has 0 bridgehead atoms. The van der Waals surface area contributed by atoms with E-state index in [9.17, 15) is 24.9 Å². The Morgan fingerprint density at radius 2 is 1.69 bits per heavy atom. The van der Waals surface area contributed by atoms with Gasteiger partial charge in [-0.25, -0.2) is 4.98 Å². The summed E-state index contributed by atoms with van der Waals surface area (Å²) in [4.78, 5) is 30.4. The van der Waals surface area contributed by atoms with Crippen molar-refractivity contribution in [2.75, 3.05) is 0 Å². The highest BCUT2D eigenvalue weighted by Crippen LogP contribution is 2.23. The molecular formula is C23H23N3O6. The number of nitrogens with zero attached hydrogens (tertiary/aromatic N) is 2. The Morgan fingerprint density at radius 1 is 1.03 bits per heavy atom. The fourth-order valence-electron chi connectivity index (χ4n) is 3.59. The molecular weight excluding hydrogens is 414 g/mol. The van der Waals surface area contributed by atoms with Gasteiger partial charge in [0.2, 0.25) is 5.89 Å². The number of rotatable bonds is 7. The van der Waals surface area contributed by atoms with Crippen LogP contribution < -0.4 is 5.32 Å². The fraction of sp³-hybridized carbons (Fsp3) is 0.261. The van der Waals surface area contributed by atoms with E-state index in [0.29, 0.717) is 30.8 Å². The maximum atomic E-state index is 12.5. The number of aromatic nitrogens is 1. The number of phenols is 1. The summed E-state index contributed by atoms with van der Waals surface area (Å²) in [5.74, 6) is -1.30. The summed E-state index contributed by atoms with van der Waals surface area (Å²) >= 11 is 0. The number of para-hydroxylation sites is 1. The van der Waals surface area contributed by atoms with Crippen LogP contribution in [0.25, 0.3) is 0 Å². The molecule has 0 unspecified atom stereocenters. The van der Waals surface area contributed by atoms with E-state index in [1.54, 1.807) is 24.3 Å². The number of aliphatic hydroxyl groups excluding tert-OH is 2. The molecule has 1 aromatic heterocycles. The Bertz CT molecular complexity index is 1100. The number of phenolic OH excluding ortho intramolecular Hbond substituents is 1. The van der Waals surface area contributed by atoms with Gasteiger partial charge in [0.25, 0.3) is 11.8 Å². The molecule has 0 saturated carbocycles. The smallest absolute Gasteiger partial charge is 0.255 e. The van der Waals surface area contributed by atoms with E-state index in [0.717, 1.165) is 11.1 Å². The van der Waals surface area contributed by atoms with Crippen molar-refractivity contribution in [2.45, 2.75) is 38.3 Å². The Balaban J connectivity index is 1.29. The maximum Gasteiger partial charge on any atom is 0.255 e. The van der Waals surface area contributed by atoms with E-state index in [2.05, 4.69) is 10.3 Å². The van der Waals surface area contributed by atoms with E-state index in [4.69, 9.17) is 4.42 Å². The largest absolute Gasteiger partial charge is 0.508 e. The zero-order valence-electron chi connectivity index (χ0n) is 17.1. The first-order chi connectivity index (χ1) is 15.4. The number of oxazole rings is 1. The average molecular weight is 437 g/mol. The predicted molar refractivity (Wildman–Crippen MR) is 112 cm³/mol. The molecule has 0 saturated heterocycles. The molecule has 3 aromatic rings. The van der Waals surface area contributed by atoms with Crippen molar-refractivity contribution < 1.29 is 29.3 Å². The van der Waals surface area contributed by atoms with Crippen LogP contribution in [0.5, 0.6) is 5.75 Å². The van der Waals surface area contributed by atoms with Crippen molar-refractivity contribution in [1.29, 1.82) is 0 Å².